The molecule has 2 N–H and O–H groups in total. The third-order valence-corrected chi connectivity index (χ3v) is 5.23. The molecular formula is C13H21F2NO. The van der Waals surface area contributed by atoms with Gasteiger partial charge in [-0.15, -0.1) is 0 Å². The van der Waals surface area contributed by atoms with Crippen LogP contribution in [-0.2, 0) is 4.74 Å². The zero-order chi connectivity index (χ0) is 12.1. The van der Waals surface area contributed by atoms with Crippen molar-refractivity contribution in [3.63, 3.8) is 0 Å². The van der Waals surface area contributed by atoms with Crippen molar-refractivity contribution in [1.82, 2.24) is 0 Å². The molecule has 1 unspecified atom stereocenters. The van der Waals surface area contributed by atoms with Crippen LogP contribution in [0.4, 0.5) is 8.78 Å². The highest BCUT2D eigenvalue weighted by molar-refractivity contribution is 5.20. The molecule has 3 rings (SSSR count). The molecule has 17 heavy (non-hydrogen) atoms. The highest BCUT2D eigenvalue weighted by atomic mass is 19.3. The highest BCUT2D eigenvalue weighted by Gasteiger charge is 2.80. The molecule has 3 fully saturated rings. The average Bonchev–Trinajstić information content (AvgIpc) is 2.80. The minimum absolute atomic E-state index is 0.146. The summed E-state index contributed by atoms with van der Waals surface area (Å²) >= 11 is 0. The van der Waals surface area contributed by atoms with Crippen molar-refractivity contribution in [2.75, 3.05) is 13.2 Å². The van der Waals surface area contributed by atoms with Gasteiger partial charge in [-0.05, 0) is 44.4 Å². The van der Waals surface area contributed by atoms with Gasteiger partial charge in [0.2, 0.25) is 0 Å². The van der Waals surface area contributed by atoms with Gasteiger partial charge in [0.25, 0.3) is 5.92 Å². The van der Waals surface area contributed by atoms with Crippen LogP contribution in [0, 0.1) is 17.3 Å². The maximum absolute atomic E-state index is 14.2. The van der Waals surface area contributed by atoms with Gasteiger partial charge in [-0.3, -0.25) is 0 Å². The number of nitrogens with two attached hydrogens (primary N) is 1. The van der Waals surface area contributed by atoms with E-state index in [-0.39, 0.29) is 17.9 Å². The molecule has 0 amide bonds. The van der Waals surface area contributed by atoms with Crippen molar-refractivity contribution in [2.24, 2.45) is 23.0 Å². The highest BCUT2D eigenvalue weighted by Crippen LogP contribution is 2.75. The maximum atomic E-state index is 14.2. The summed E-state index contributed by atoms with van der Waals surface area (Å²) in [5.74, 6) is -2.64. The van der Waals surface area contributed by atoms with E-state index >= 15 is 0 Å². The summed E-state index contributed by atoms with van der Waals surface area (Å²) in [7, 11) is 0. The third kappa shape index (κ3) is 1.64. The van der Waals surface area contributed by atoms with Gasteiger partial charge >= 0.3 is 0 Å². The Kier molecular flexibility index (Phi) is 2.71. The predicted molar refractivity (Wildman–Crippen MR) is 60.9 cm³/mol. The van der Waals surface area contributed by atoms with Crippen molar-refractivity contribution < 1.29 is 13.5 Å². The molecule has 0 aromatic rings. The van der Waals surface area contributed by atoms with Gasteiger partial charge in [0, 0.05) is 30.6 Å². The number of hydrogen-bond acceptors (Lipinski definition) is 2. The summed E-state index contributed by atoms with van der Waals surface area (Å²) in [6, 6.07) is 0.146. The van der Waals surface area contributed by atoms with Gasteiger partial charge in [-0.2, -0.15) is 0 Å². The Balaban J connectivity index is 1.73. The first-order valence-corrected chi connectivity index (χ1v) is 6.79. The topological polar surface area (TPSA) is 35.2 Å². The van der Waals surface area contributed by atoms with Crippen LogP contribution >= 0.6 is 0 Å². The lowest BCUT2D eigenvalue weighted by molar-refractivity contribution is 0.0229. The van der Waals surface area contributed by atoms with Crippen LogP contribution in [0.25, 0.3) is 0 Å². The van der Waals surface area contributed by atoms with Gasteiger partial charge in [0.1, 0.15) is 0 Å². The normalized spacial score (nSPS) is 46.1. The fraction of sp³-hybridized carbons (Fsp3) is 1.00. The molecule has 1 saturated heterocycles. The van der Waals surface area contributed by atoms with E-state index in [4.69, 9.17) is 10.5 Å². The van der Waals surface area contributed by atoms with Crippen LogP contribution in [0.3, 0.4) is 0 Å². The van der Waals surface area contributed by atoms with E-state index in [1.165, 1.54) is 0 Å². The van der Waals surface area contributed by atoms with Crippen molar-refractivity contribution in [2.45, 2.75) is 50.5 Å². The molecule has 1 atom stereocenters. The first-order chi connectivity index (χ1) is 8.08. The van der Waals surface area contributed by atoms with E-state index in [0.29, 0.717) is 26.1 Å². The van der Waals surface area contributed by atoms with E-state index < -0.39 is 11.3 Å². The number of hydrogen-bond donors (Lipinski definition) is 1. The standard InChI is InChI=1S/C13H21F2NO/c14-13(15)11(9-3-7-17-8-4-9)12(13)5-1-10(16)2-6-12/h9-11H,1-8,16H2. The average molecular weight is 245 g/mol. The lowest BCUT2D eigenvalue weighted by atomic mass is 9.78. The summed E-state index contributed by atoms with van der Waals surface area (Å²) in [5.41, 5.74) is 5.14. The smallest absolute Gasteiger partial charge is 0.257 e. The van der Waals surface area contributed by atoms with Gasteiger partial charge in [0.15, 0.2) is 0 Å². The van der Waals surface area contributed by atoms with E-state index in [1.807, 2.05) is 0 Å². The number of ether oxygens (including phenoxy) is 1. The van der Waals surface area contributed by atoms with Crippen molar-refractivity contribution in [3.8, 4) is 0 Å². The van der Waals surface area contributed by atoms with E-state index in [1.54, 1.807) is 0 Å². The number of rotatable bonds is 1. The van der Waals surface area contributed by atoms with Crippen LogP contribution in [-0.4, -0.2) is 25.2 Å². The van der Waals surface area contributed by atoms with Crippen LogP contribution in [0.5, 0.6) is 0 Å². The Bertz CT molecular complexity index is 294. The minimum atomic E-state index is -2.44. The predicted octanol–water partition coefficient (Wildman–Crippen LogP) is 2.57. The van der Waals surface area contributed by atoms with Gasteiger partial charge in [-0.25, -0.2) is 8.78 Å². The molecule has 1 aliphatic heterocycles. The lowest BCUT2D eigenvalue weighted by Crippen LogP contribution is -2.30. The van der Waals surface area contributed by atoms with Crippen LogP contribution in [0.15, 0.2) is 0 Å². The number of alkyl halides is 2. The second kappa shape index (κ2) is 3.89. The SMILES string of the molecule is NC1CCC2(CC1)C(C1CCOCC1)C2(F)F. The summed E-state index contributed by atoms with van der Waals surface area (Å²) in [4.78, 5) is 0. The van der Waals surface area contributed by atoms with E-state index in [2.05, 4.69) is 0 Å². The molecule has 4 heteroatoms. The molecule has 2 saturated carbocycles. The van der Waals surface area contributed by atoms with Gasteiger partial charge in [-0.1, -0.05) is 0 Å². The summed E-state index contributed by atoms with van der Waals surface area (Å²) in [6.07, 6.45) is 4.43. The maximum Gasteiger partial charge on any atom is 0.257 e. The Hall–Kier alpha value is -0.220. The Morgan fingerprint density at radius 1 is 1.00 bits per heavy atom. The van der Waals surface area contributed by atoms with Crippen LogP contribution < -0.4 is 5.73 Å². The van der Waals surface area contributed by atoms with Crippen molar-refractivity contribution in [3.05, 3.63) is 0 Å². The van der Waals surface area contributed by atoms with E-state index in [9.17, 15) is 8.78 Å². The molecule has 2 aliphatic carbocycles. The molecule has 98 valence electrons. The first kappa shape index (κ1) is 11.8. The second-order valence-electron chi connectivity index (χ2n) is 6.04. The molecule has 0 aromatic carbocycles. The molecule has 0 radical (unpaired) electrons. The van der Waals surface area contributed by atoms with Gasteiger partial charge in [0.05, 0.1) is 0 Å². The van der Waals surface area contributed by atoms with Crippen molar-refractivity contribution in [1.29, 1.82) is 0 Å². The Labute approximate surface area is 101 Å². The summed E-state index contributed by atoms with van der Waals surface area (Å²) in [5, 5.41) is 0. The Morgan fingerprint density at radius 3 is 2.18 bits per heavy atom. The molecular weight excluding hydrogens is 224 g/mol. The molecule has 0 bridgehead atoms. The molecule has 1 heterocycles. The zero-order valence-electron chi connectivity index (χ0n) is 10.1. The number of halogens is 2. The molecule has 1 spiro atoms. The summed E-state index contributed by atoms with van der Waals surface area (Å²) in [6.45, 7) is 1.32. The quantitative estimate of drug-likeness (QED) is 0.770. The monoisotopic (exact) mass is 245 g/mol. The van der Waals surface area contributed by atoms with Crippen LogP contribution in [0.2, 0.25) is 0 Å². The molecule has 3 aliphatic rings. The minimum Gasteiger partial charge on any atom is -0.381 e. The molecule has 2 nitrogen and oxygen atoms in total. The largest absolute Gasteiger partial charge is 0.381 e. The fourth-order valence-corrected chi connectivity index (χ4v) is 4.14. The zero-order valence-corrected chi connectivity index (χ0v) is 10.1. The summed E-state index contributed by atoms with van der Waals surface area (Å²) < 4.78 is 33.6. The third-order valence-electron chi connectivity index (χ3n) is 5.23. The first-order valence-electron chi connectivity index (χ1n) is 6.79. The lowest BCUT2D eigenvalue weighted by Gasteiger charge is -2.29. The Morgan fingerprint density at radius 2 is 1.59 bits per heavy atom. The van der Waals surface area contributed by atoms with Crippen LogP contribution in [0.1, 0.15) is 38.5 Å². The second-order valence-corrected chi connectivity index (χ2v) is 6.04. The van der Waals surface area contributed by atoms with Crippen molar-refractivity contribution >= 4 is 0 Å². The van der Waals surface area contributed by atoms with E-state index in [0.717, 1.165) is 25.7 Å². The molecule has 0 aromatic heterocycles. The van der Waals surface area contributed by atoms with Gasteiger partial charge < -0.3 is 10.5 Å². The fourth-order valence-electron chi connectivity index (χ4n) is 4.14.